The number of hydrogen-bond donors (Lipinski definition) is 1. The minimum Gasteiger partial charge on any atom is -0.451 e. The van der Waals surface area contributed by atoms with Crippen LogP contribution in [-0.4, -0.2) is 41.6 Å². The van der Waals surface area contributed by atoms with Gasteiger partial charge in [-0.15, -0.1) is 0 Å². The van der Waals surface area contributed by atoms with E-state index in [0.29, 0.717) is 23.2 Å². The van der Waals surface area contributed by atoms with E-state index in [9.17, 15) is 4.79 Å². The Hall–Kier alpha value is -2.08. The van der Waals surface area contributed by atoms with E-state index in [1.807, 2.05) is 13.8 Å². The van der Waals surface area contributed by atoms with Crippen molar-refractivity contribution >= 4 is 5.91 Å². The van der Waals surface area contributed by atoms with Crippen LogP contribution in [0.2, 0.25) is 0 Å². The van der Waals surface area contributed by atoms with Crippen molar-refractivity contribution in [3.63, 3.8) is 0 Å². The molecule has 0 spiro atoms. The van der Waals surface area contributed by atoms with Crippen molar-refractivity contribution in [3.8, 4) is 11.3 Å². The van der Waals surface area contributed by atoms with E-state index < -0.39 is 0 Å². The molecule has 6 nitrogen and oxygen atoms in total. The fraction of sp³-hybridized carbons (Fsp3) is 0.529. The lowest BCUT2D eigenvalue weighted by Crippen LogP contribution is -2.57. The molecule has 2 aromatic heterocycles. The van der Waals surface area contributed by atoms with E-state index in [2.05, 4.69) is 15.4 Å². The Morgan fingerprint density at radius 3 is 2.70 bits per heavy atom. The molecular weight excluding hydrogens is 294 g/mol. The number of carbonyl (C=O) groups excluding carboxylic acids is 1. The fourth-order valence-electron chi connectivity index (χ4n) is 3.80. The largest absolute Gasteiger partial charge is 0.451 e. The van der Waals surface area contributed by atoms with Crippen LogP contribution in [0.15, 0.2) is 21.1 Å². The first-order valence-electron chi connectivity index (χ1n) is 8.18. The van der Waals surface area contributed by atoms with Gasteiger partial charge in [-0.3, -0.25) is 4.79 Å². The van der Waals surface area contributed by atoms with E-state index in [1.54, 1.807) is 12.1 Å². The third kappa shape index (κ3) is 2.57. The third-order valence-electron chi connectivity index (χ3n) is 5.08. The van der Waals surface area contributed by atoms with Gasteiger partial charge in [0.25, 0.3) is 5.91 Å². The third-order valence-corrected chi connectivity index (χ3v) is 5.08. The molecule has 0 saturated carbocycles. The van der Waals surface area contributed by atoms with Crippen molar-refractivity contribution in [2.75, 3.05) is 19.6 Å². The van der Waals surface area contributed by atoms with Crippen LogP contribution in [0.1, 0.15) is 34.9 Å². The zero-order valence-electron chi connectivity index (χ0n) is 13.5. The van der Waals surface area contributed by atoms with Gasteiger partial charge in [0.05, 0.1) is 11.3 Å². The Balaban J connectivity index is 1.49. The van der Waals surface area contributed by atoms with E-state index in [-0.39, 0.29) is 11.9 Å². The van der Waals surface area contributed by atoms with Gasteiger partial charge in [-0.2, -0.15) is 0 Å². The highest BCUT2D eigenvalue weighted by atomic mass is 16.5. The summed E-state index contributed by atoms with van der Waals surface area (Å²) >= 11 is 0. The number of aryl methyl sites for hydroxylation is 2. The molecule has 0 aromatic carbocycles. The van der Waals surface area contributed by atoms with Crippen molar-refractivity contribution in [1.82, 2.24) is 15.4 Å². The van der Waals surface area contributed by atoms with E-state index in [0.717, 1.165) is 30.9 Å². The predicted octanol–water partition coefficient (Wildman–Crippen LogP) is 2.38. The standard InChI is InChI=1S/C17H21N3O3/c1-10-16(11(2)23-19-10)14-3-4-15(22-14)17(21)18-13-9-20-7-5-12(13)6-8-20/h3-4,12-13H,5-9H2,1-2H3,(H,18,21)/t13-/m0/s1. The summed E-state index contributed by atoms with van der Waals surface area (Å²) in [6, 6.07) is 3.76. The quantitative estimate of drug-likeness (QED) is 0.941. The molecular formula is C17H21N3O3. The van der Waals surface area contributed by atoms with Gasteiger partial charge in [-0.05, 0) is 57.8 Å². The summed E-state index contributed by atoms with van der Waals surface area (Å²) in [5, 5.41) is 7.07. The highest BCUT2D eigenvalue weighted by Crippen LogP contribution is 2.30. The highest BCUT2D eigenvalue weighted by molar-refractivity contribution is 5.92. The van der Waals surface area contributed by atoms with Gasteiger partial charge in [0.1, 0.15) is 11.5 Å². The Labute approximate surface area is 134 Å². The smallest absolute Gasteiger partial charge is 0.287 e. The van der Waals surface area contributed by atoms with Crippen LogP contribution >= 0.6 is 0 Å². The lowest BCUT2D eigenvalue weighted by Gasteiger charge is -2.44. The molecule has 23 heavy (non-hydrogen) atoms. The molecule has 3 saturated heterocycles. The molecule has 0 unspecified atom stereocenters. The van der Waals surface area contributed by atoms with E-state index >= 15 is 0 Å². The second-order valence-corrected chi connectivity index (χ2v) is 6.58. The summed E-state index contributed by atoms with van der Waals surface area (Å²) in [5.41, 5.74) is 1.59. The monoisotopic (exact) mass is 315 g/mol. The summed E-state index contributed by atoms with van der Waals surface area (Å²) in [6.45, 7) is 6.97. The molecule has 3 aliphatic rings. The van der Waals surface area contributed by atoms with Crippen LogP contribution in [0, 0.1) is 19.8 Å². The van der Waals surface area contributed by atoms with Crippen molar-refractivity contribution in [3.05, 3.63) is 29.3 Å². The molecule has 3 fully saturated rings. The summed E-state index contributed by atoms with van der Waals surface area (Å²) in [4.78, 5) is 14.9. The molecule has 5 heterocycles. The van der Waals surface area contributed by atoms with Gasteiger partial charge < -0.3 is 19.2 Å². The summed E-state index contributed by atoms with van der Waals surface area (Å²) in [5.74, 6) is 2.13. The minimum absolute atomic E-state index is 0.137. The lowest BCUT2D eigenvalue weighted by molar-refractivity contribution is 0.0606. The average molecular weight is 315 g/mol. The van der Waals surface area contributed by atoms with Crippen LogP contribution in [0.5, 0.6) is 0 Å². The van der Waals surface area contributed by atoms with Gasteiger partial charge in [-0.25, -0.2) is 0 Å². The van der Waals surface area contributed by atoms with Crippen molar-refractivity contribution in [2.24, 2.45) is 5.92 Å². The van der Waals surface area contributed by atoms with E-state index in [1.165, 1.54) is 12.8 Å². The van der Waals surface area contributed by atoms with Gasteiger partial charge in [0.15, 0.2) is 5.76 Å². The van der Waals surface area contributed by atoms with Crippen LogP contribution in [0.4, 0.5) is 0 Å². The number of hydrogen-bond acceptors (Lipinski definition) is 5. The van der Waals surface area contributed by atoms with Gasteiger partial charge in [0.2, 0.25) is 0 Å². The second kappa shape index (κ2) is 5.53. The molecule has 2 aromatic rings. The first-order valence-corrected chi connectivity index (χ1v) is 8.18. The molecule has 0 aliphatic carbocycles. The van der Waals surface area contributed by atoms with Crippen molar-refractivity contribution < 1.29 is 13.7 Å². The highest BCUT2D eigenvalue weighted by Gasteiger charge is 2.35. The minimum atomic E-state index is -0.137. The Morgan fingerprint density at radius 1 is 1.30 bits per heavy atom. The van der Waals surface area contributed by atoms with Crippen LogP contribution in [-0.2, 0) is 0 Å². The Morgan fingerprint density at radius 2 is 2.09 bits per heavy atom. The van der Waals surface area contributed by atoms with Gasteiger partial charge >= 0.3 is 0 Å². The normalized spacial score (nSPS) is 26.4. The fourth-order valence-corrected chi connectivity index (χ4v) is 3.80. The zero-order valence-corrected chi connectivity index (χ0v) is 13.5. The average Bonchev–Trinajstić information content (AvgIpc) is 3.15. The first-order chi connectivity index (χ1) is 11.1. The Kier molecular flexibility index (Phi) is 3.49. The molecule has 1 atom stereocenters. The molecule has 1 amide bonds. The maximum Gasteiger partial charge on any atom is 0.287 e. The predicted molar refractivity (Wildman–Crippen MR) is 84.1 cm³/mol. The van der Waals surface area contributed by atoms with Crippen molar-refractivity contribution in [1.29, 1.82) is 0 Å². The molecule has 2 bridgehead atoms. The van der Waals surface area contributed by atoms with Gasteiger partial charge in [-0.1, -0.05) is 5.16 Å². The number of nitrogens with zero attached hydrogens (tertiary/aromatic N) is 2. The maximum absolute atomic E-state index is 12.5. The first kappa shape index (κ1) is 14.5. The Bertz CT molecular complexity index is 706. The summed E-state index contributed by atoms with van der Waals surface area (Å²) in [7, 11) is 0. The SMILES string of the molecule is Cc1noc(C)c1-c1ccc(C(=O)N[C@H]2CN3CCC2CC3)o1. The van der Waals surface area contributed by atoms with Crippen LogP contribution in [0.25, 0.3) is 11.3 Å². The number of carbonyl (C=O) groups is 1. The molecule has 1 N–H and O–H groups in total. The number of nitrogens with one attached hydrogen (secondary N) is 1. The van der Waals surface area contributed by atoms with Gasteiger partial charge in [0, 0.05) is 12.6 Å². The zero-order chi connectivity index (χ0) is 16.0. The number of aromatic nitrogens is 1. The van der Waals surface area contributed by atoms with Crippen molar-refractivity contribution in [2.45, 2.75) is 32.7 Å². The number of furan rings is 1. The number of fused-ring (bicyclic) bond motifs is 3. The topological polar surface area (TPSA) is 71.5 Å². The van der Waals surface area contributed by atoms with Crippen LogP contribution < -0.4 is 5.32 Å². The summed E-state index contributed by atoms with van der Waals surface area (Å²) in [6.07, 6.45) is 2.35. The molecule has 6 heteroatoms. The van der Waals surface area contributed by atoms with E-state index in [4.69, 9.17) is 8.94 Å². The van der Waals surface area contributed by atoms with Crippen LogP contribution in [0.3, 0.4) is 0 Å². The maximum atomic E-state index is 12.5. The number of piperidine rings is 3. The number of rotatable bonds is 3. The second-order valence-electron chi connectivity index (χ2n) is 6.58. The molecule has 122 valence electrons. The lowest BCUT2D eigenvalue weighted by atomic mass is 9.84. The number of amides is 1. The summed E-state index contributed by atoms with van der Waals surface area (Å²) < 4.78 is 10.9. The molecule has 3 aliphatic heterocycles. The molecule has 0 radical (unpaired) electrons. The molecule has 5 rings (SSSR count).